The van der Waals surface area contributed by atoms with Crippen LogP contribution in [0.5, 0.6) is 0 Å². The van der Waals surface area contributed by atoms with E-state index in [2.05, 4.69) is 27.5 Å². The van der Waals surface area contributed by atoms with Crippen molar-refractivity contribution in [3.63, 3.8) is 0 Å². The topological polar surface area (TPSA) is 59.1 Å². The quantitative estimate of drug-likeness (QED) is 0.631. The van der Waals surface area contributed by atoms with E-state index in [9.17, 15) is 0 Å². The van der Waals surface area contributed by atoms with Crippen LogP contribution in [0.4, 0.5) is 11.6 Å². The van der Waals surface area contributed by atoms with Gasteiger partial charge in [-0.3, -0.25) is 0 Å². The van der Waals surface area contributed by atoms with Gasteiger partial charge in [0, 0.05) is 19.7 Å². The molecule has 17 heavy (non-hydrogen) atoms. The van der Waals surface area contributed by atoms with E-state index in [0.29, 0.717) is 6.04 Å². The van der Waals surface area contributed by atoms with Gasteiger partial charge in [0.05, 0.1) is 12.1 Å². The van der Waals surface area contributed by atoms with Crippen LogP contribution in [0.2, 0.25) is 0 Å². The van der Waals surface area contributed by atoms with E-state index in [1.54, 1.807) is 0 Å². The number of rotatable bonds is 4. The molecule has 0 aromatic carbocycles. The summed E-state index contributed by atoms with van der Waals surface area (Å²) in [5, 5.41) is 7.22. The smallest absolute Gasteiger partial charge is 0.191 e. The van der Waals surface area contributed by atoms with Crippen LogP contribution in [0.15, 0.2) is 11.2 Å². The van der Waals surface area contributed by atoms with Crippen molar-refractivity contribution in [3.8, 4) is 0 Å². The normalized spacial score (nSPS) is 23.7. The van der Waals surface area contributed by atoms with Crippen LogP contribution < -0.4 is 10.6 Å². The summed E-state index contributed by atoms with van der Waals surface area (Å²) in [5.74, 6) is 1.69. The third-order valence-electron chi connectivity index (χ3n) is 2.85. The minimum absolute atomic E-state index is 0.237. The van der Waals surface area contributed by atoms with Crippen molar-refractivity contribution in [2.24, 2.45) is 0 Å². The van der Waals surface area contributed by atoms with Crippen molar-refractivity contribution in [2.45, 2.75) is 30.6 Å². The molecular weight excluding hydrogens is 236 g/mol. The van der Waals surface area contributed by atoms with Gasteiger partial charge in [-0.05, 0) is 19.6 Å². The van der Waals surface area contributed by atoms with Gasteiger partial charge in [-0.15, -0.1) is 0 Å². The monoisotopic (exact) mass is 254 g/mol. The van der Waals surface area contributed by atoms with Gasteiger partial charge in [0.25, 0.3) is 0 Å². The van der Waals surface area contributed by atoms with Crippen LogP contribution in [0.1, 0.15) is 13.3 Å². The van der Waals surface area contributed by atoms with Gasteiger partial charge in [-0.1, -0.05) is 11.8 Å². The van der Waals surface area contributed by atoms with Gasteiger partial charge in [0.2, 0.25) is 0 Å². The van der Waals surface area contributed by atoms with Crippen molar-refractivity contribution in [1.82, 2.24) is 9.97 Å². The molecule has 0 radical (unpaired) electrons. The number of nitrogens with zero attached hydrogens (tertiary/aromatic N) is 2. The van der Waals surface area contributed by atoms with E-state index in [4.69, 9.17) is 4.74 Å². The number of nitrogens with one attached hydrogen (secondary N) is 2. The lowest BCUT2D eigenvalue weighted by Gasteiger charge is -2.17. The minimum atomic E-state index is 0.237. The number of hydrogen-bond acceptors (Lipinski definition) is 6. The number of hydrogen-bond donors (Lipinski definition) is 2. The molecule has 94 valence electrons. The summed E-state index contributed by atoms with van der Waals surface area (Å²) in [6.07, 6.45) is 3.23. The summed E-state index contributed by atoms with van der Waals surface area (Å²) in [6, 6.07) is 2.26. The van der Waals surface area contributed by atoms with E-state index in [1.165, 1.54) is 11.8 Å². The molecule has 5 nitrogen and oxygen atoms in total. The molecule has 1 aliphatic heterocycles. The van der Waals surface area contributed by atoms with Crippen molar-refractivity contribution in [3.05, 3.63) is 6.07 Å². The summed E-state index contributed by atoms with van der Waals surface area (Å²) in [5.41, 5.74) is 0. The highest BCUT2D eigenvalue weighted by Crippen LogP contribution is 2.21. The second-order valence-electron chi connectivity index (χ2n) is 3.99. The summed E-state index contributed by atoms with van der Waals surface area (Å²) >= 11 is 1.54. The van der Waals surface area contributed by atoms with Crippen LogP contribution >= 0.6 is 11.8 Å². The maximum absolute atomic E-state index is 5.52. The van der Waals surface area contributed by atoms with Crippen molar-refractivity contribution >= 4 is 23.4 Å². The fourth-order valence-corrected chi connectivity index (χ4v) is 2.21. The van der Waals surface area contributed by atoms with Crippen LogP contribution in [0, 0.1) is 0 Å². The lowest BCUT2D eigenvalue weighted by atomic mass is 10.1. The molecule has 2 N–H and O–H groups in total. The predicted octanol–water partition coefficient (Wildman–Crippen LogP) is 1.83. The molecular formula is C11H18N4OS. The minimum Gasteiger partial charge on any atom is -0.376 e. The predicted molar refractivity (Wildman–Crippen MR) is 70.8 cm³/mol. The number of aromatic nitrogens is 2. The third-order valence-corrected chi connectivity index (χ3v) is 3.40. The standard InChI is InChI=1S/C11H18N4OS/c1-7-8(4-5-16-7)13-10-6-9(12-2)14-11(15-10)17-3/h6-8H,4-5H2,1-3H3,(H2,12,13,14,15). The molecule has 2 atom stereocenters. The largest absolute Gasteiger partial charge is 0.376 e. The first-order chi connectivity index (χ1) is 8.22. The van der Waals surface area contributed by atoms with Crippen LogP contribution in [0.3, 0.4) is 0 Å². The first-order valence-electron chi connectivity index (χ1n) is 5.72. The van der Waals surface area contributed by atoms with Crippen molar-refractivity contribution in [2.75, 3.05) is 30.5 Å². The summed E-state index contributed by atoms with van der Waals surface area (Å²) in [4.78, 5) is 8.78. The molecule has 1 aromatic heterocycles. The Balaban J connectivity index is 2.14. The van der Waals surface area contributed by atoms with Crippen LogP contribution in [0.25, 0.3) is 0 Å². The summed E-state index contributed by atoms with van der Waals surface area (Å²) < 4.78 is 5.52. The average molecular weight is 254 g/mol. The highest BCUT2D eigenvalue weighted by molar-refractivity contribution is 7.98. The summed E-state index contributed by atoms with van der Waals surface area (Å²) in [6.45, 7) is 2.90. The number of thioether (sulfide) groups is 1. The molecule has 0 bridgehead atoms. The fraction of sp³-hybridized carbons (Fsp3) is 0.636. The molecule has 0 amide bonds. The Kier molecular flexibility index (Phi) is 4.06. The number of ether oxygens (including phenoxy) is 1. The lowest BCUT2D eigenvalue weighted by Crippen LogP contribution is -2.27. The molecule has 0 aliphatic carbocycles. The molecule has 0 saturated carbocycles. The molecule has 1 saturated heterocycles. The molecule has 1 fully saturated rings. The SMILES string of the molecule is CNc1cc(NC2CCOC2C)nc(SC)n1. The Bertz CT molecular complexity index is 365. The Morgan fingerprint density at radius 1 is 1.41 bits per heavy atom. The second kappa shape index (κ2) is 5.55. The van der Waals surface area contributed by atoms with E-state index >= 15 is 0 Å². The highest BCUT2D eigenvalue weighted by Gasteiger charge is 2.24. The maximum Gasteiger partial charge on any atom is 0.191 e. The Labute approximate surface area is 106 Å². The van der Waals surface area contributed by atoms with Crippen molar-refractivity contribution in [1.29, 1.82) is 0 Å². The van der Waals surface area contributed by atoms with Crippen LogP contribution in [-0.2, 0) is 4.74 Å². The van der Waals surface area contributed by atoms with Gasteiger partial charge in [0.15, 0.2) is 5.16 Å². The van der Waals surface area contributed by atoms with Gasteiger partial charge in [-0.25, -0.2) is 9.97 Å². The zero-order chi connectivity index (χ0) is 12.3. The molecule has 1 aliphatic rings. The van der Waals surface area contributed by atoms with Gasteiger partial charge in [-0.2, -0.15) is 0 Å². The van der Waals surface area contributed by atoms with Gasteiger partial charge < -0.3 is 15.4 Å². The average Bonchev–Trinajstić information content (AvgIpc) is 2.74. The Morgan fingerprint density at radius 2 is 2.18 bits per heavy atom. The van der Waals surface area contributed by atoms with Crippen molar-refractivity contribution < 1.29 is 4.74 Å². The second-order valence-corrected chi connectivity index (χ2v) is 4.76. The third kappa shape index (κ3) is 3.01. The Hall–Kier alpha value is -1.01. The van der Waals surface area contributed by atoms with E-state index in [-0.39, 0.29) is 6.10 Å². The first kappa shape index (κ1) is 12.4. The fourth-order valence-electron chi connectivity index (χ4n) is 1.83. The van der Waals surface area contributed by atoms with E-state index in [1.807, 2.05) is 19.4 Å². The lowest BCUT2D eigenvalue weighted by molar-refractivity contribution is 0.121. The zero-order valence-electron chi connectivity index (χ0n) is 10.4. The Morgan fingerprint density at radius 3 is 2.76 bits per heavy atom. The molecule has 1 aromatic rings. The van der Waals surface area contributed by atoms with Crippen LogP contribution in [-0.4, -0.2) is 42.0 Å². The highest BCUT2D eigenvalue weighted by atomic mass is 32.2. The summed E-state index contributed by atoms with van der Waals surface area (Å²) in [7, 11) is 1.86. The first-order valence-corrected chi connectivity index (χ1v) is 6.94. The number of anilines is 2. The molecule has 2 rings (SSSR count). The van der Waals surface area contributed by atoms with E-state index in [0.717, 1.165) is 29.8 Å². The van der Waals surface area contributed by atoms with Gasteiger partial charge in [0.1, 0.15) is 11.6 Å². The maximum atomic E-state index is 5.52. The van der Waals surface area contributed by atoms with Gasteiger partial charge >= 0.3 is 0 Å². The molecule has 0 spiro atoms. The van der Waals surface area contributed by atoms with E-state index < -0.39 is 0 Å². The zero-order valence-corrected chi connectivity index (χ0v) is 11.2. The molecule has 2 unspecified atom stereocenters. The molecule has 6 heteroatoms. The molecule has 2 heterocycles.